The van der Waals surface area contributed by atoms with E-state index in [0.29, 0.717) is 31.0 Å². The third-order valence-electron chi connectivity index (χ3n) is 3.73. The molecule has 1 aliphatic heterocycles. The molecule has 124 valence electrons. The molecule has 23 heavy (non-hydrogen) atoms. The zero-order valence-electron chi connectivity index (χ0n) is 13.3. The maximum atomic E-state index is 12.7. The minimum atomic E-state index is -0.412. The van der Waals surface area contributed by atoms with Gasteiger partial charge in [-0.3, -0.25) is 14.4 Å². The summed E-state index contributed by atoms with van der Waals surface area (Å²) in [6.07, 6.45) is 1.47. The summed E-state index contributed by atoms with van der Waals surface area (Å²) in [5.74, 6) is -0.956. The molecule has 1 fully saturated rings. The van der Waals surface area contributed by atoms with Crippen LogP contribution in [0.1, 0.15) is 17.3 Å². The quantitative estimate of drug-likeness (QED) is 0.783. The van der Waals surface area contributed by atoms with Crippen molar-refractivity contribution in [1.29, 1.82) is 0 Å². The summed E-state index contributed by atoms with van der Waals surface area (Å²) in [6, 6.07) is 3.11. The Morgan fingerprint density at radius 2 is 2.04 bits per heavy atom. The number of primary amides is 1. The van der Waals surface area contributed by atoms with Gasteiger partial charge in [0, 0.05) is 44.9 Å². The number of aromatic nitrogens is 1. The third-order valence-corrected chi connectivity index (χ3v) is 3.73. The molecule has 8 heteroatoms. The Labute approximate surface area is 134 Å². The number of hydrogen-bond acceptors (Lipinski definition) is 5. The van der Waals surface area contributed by atoms with Crippen LogP contribution in [0.15, 0.2) is 18.3 Å². The van der Waals surface area contributed by atoms with Crippen molar-refractivity contribution in [2.45, 2.75) is 6.92 Å². The predicted molar refractivity (Wildman–Crippen MR) is 84.6 cm³/mol. The van der Waals surface area contributed by atoms with Crippen molar-refractivity contribution < 1.29 is 14.4 Å². The van der Waals surface area contributed by atoms with Crippen molar-refractivity contribution in [2.24, 2.45) is 11.7 Å². The van der Waals surface area contributed by atoms with Gasteiger partial charge in [-0.1, -0.05) is 0 Å². The van der Waals surface area contributed by atoms with Gasteiger partial charge in [0.1, 0.15) is 5.82 Å². The number of anilines is 1. The smallest absolute Gasteiger partial charge is 0.254 e. The number of carbonyl (C=O) groups excluding carboxylic acids is 3. The fourth-order valence-corrected chi connectivity index (χ4v) is 2.53. The molecule has 0 aliphatic carbocycles. The second-order valence-corrected chi connectivity index (χ2v) is 5.72. The van der Waals surface area contributed by atoms with E-state index in [0.717, 1.165) is 0 Å². The second kappa shape index (κ2) is 7.19. The van der Waals surface area contributed by atoms with Crippen LogP contribution in [-0.2, 0) is 9.59 Å². The third kappa shape index (κ3) is 4.49. The van der Waals surface area contributed by atoms with Gasteiger partial charge >= 0.3 is 0 Å². The number of likely N-dealkylation sites (N-methyl/N-ethyl adjacent to an activating group) is 1. The molecule has 2 rings (SSSR count). The van der Waals surface area contributed by atoms with Crippen molar-refractivity contribution in [1.82, 2.24) is 14.8 Å². The highest BCUT2D eigenvalue weighted by Crippen LogP contribution is 2.14. The van der Waals surface area contributed by atoms with Gasteiger partial charge in [0.15, 0.2) is 0 Å². The monoisotopic (exact) mass is 319 g/mol. The molecule has 8 nitrogen and oxygen atoms in total. The first-order valence-corrected chi connectivity index (χ1v) is 7.37. The topological polar surface area (TPSA) is 109 Å². The Hall–Kier alpha value is -2.48. The van der Waals surface area contributed by atoms with Crippen LogP contribution in [0.25, 0.3) is 0 Å². The molecule has 0 saturated carbocycles. The van der Waals surface area contributed by atoms with Gasteiger partial charge in [0.05, 0.1) is 5.92 Å². The van der Waals surface area contributed by atoms with E-state index in [1.54, 1.807) is 11.0 Å². The van der Waals surface area contributed by atoms with E-state index < -0.39 is 11.8 Å². The molecule has 0 aromatic carbocycles. The maximum Gasteiger partial charge on any atom is 0.254 e. The number of rotatable bonds is 3. The zero-order valence-corrected chi connectivity index (χ0v) is 13.3. The molecule has 3 amide bonds. The average molecular weight is 319 g/mol. The Kier molecular flexibility index (Phi) is 5.28. The summed E-state index contributed by atoms with van der Waals surface area (Å²) in [5, 5.41) is 2.55. The Balaban J connectivity index is 2.18. The van der Waals surface area contributed by atoms with Crippen molar-refractivity contribution in [2.75, 3.05) is 38.5 Å². The zero-order chi connectivity index (χ0) is 17.0. The predicted octanol–water partition coefficient (Wildman–Crippen LogP) is -0.471. The molecule has 1 saturated heterocycles. The summed E-state index contributed by atoms with van der Waals surface area (Å²) >= 11 is 0. The van der Waals surface area contributed by atoms with Crippen molar-refractivity contribution >= 4 is 23.5 Å². The number of nitrogens with two attached hydrogens (primary N) is 1. The van der Waals surface area contributed by atoms with Crippen LogP contribution in [0.5, 0.6) is 0 Å². The Bertz CT molecular complexity index is 619. The lowest BCUT2D eigenvalue weighted by Crippen LogP contribution is -2.40. The molecule has 0 radical (unpaired) electrons. The van der Waals surface area contributed by atoms with E-state index >= 15 is 0 Å². The normalized spacial score (nSPS) is 19.0. The number of pyridine rings is 1. The molecule has 1 unspecified atom stereocenters. The number of amides is 3. The molecule has 1 aliphatic rings. The van der Waals surface area contributed by atoms with Crippen LogP contribution in [0, 0.1) is 5.92 Å². The van der Waals surface area contributed by atoms with E-state index in [2.05, 4.69) is 10.3 Å². The summed E-state index contributed by atoms with van der Waals surface area (Å²) in [4.78, 5) is 42.9. The lowest BCUT2D eigenvalue weighted by molar-refractivity contribution is -0.122. The lowest BCUT2D eigenvalue weighted by Gasteiger charge is -2.22. The lowest BCUT2D eigenvalue weighted by atomic mass is 10.1. The highest BCUT2D eigenvalue weighted by Gasteiger charge is 2.28. The van der Waals surface area contributed by atoms with Crippen molar-refractivity contribution in [3.63, 3.8) is 0 Å². The Morgan fingerprint density at radius 3 is 2.70 bits per heavy atom. The number of hydrogen-bond donors (Lipinski definition) is 2. The van der Waals surface area contributed by atoms with Gasteiger partial charge in [0.2, 0.25) is 11.8 Å². The summed E-state index contributed by atoms with van der Waals surface area (Å²) < 4.78 is 0. The first-order chi connectivity index (χ1) is 10.9. The minimum Gasteiger partial charge on any atom is -0.369 e. The maximum absolute atomic E-state index is 12.7. The van der Waals surface area contributed by atoms with Crippen LogP contribution in [0.2, 0.25) is 0 Å². The molecule has 1 atom stereocenters. The molecule has 1 aromatic rings. The Morgan fingerprint density at radius 1 is 1.30 bits per heavy atom. The summed E-state index contributed by atoms with van der Waals surface area (Å²) in [7, 11) is 1.89. The first-order valence-electron chi connectivity index (χ1n) is 7.37. The molecule has 1 aromatic heterocycles. The van der Waals surface area contributed by atoms with Gasteiger partial charge in [-0.25, -0.2) is 4.98 Å². The van der Waals surface area contributed by atoms with E-state index in [1.807, 2.05) is 11.9 Å². The van der Waals surface area contributed by atoms with E-state index in [1.165, 1.54) is 19.2 Å². The summed E-state index contributed by atoms with van der Waals surface area (Å²) in [6.45, 7) is 3.37. The van der Waals surface area contributed by atoms with Crippen LogP contribution in [0.3, 0.4) is 0 Å². The molecule has 0 spiro atoms. The van der Waals surface area contributed by atoms with Crippen LogP contribution in [-0.4, -0.2) is 65.7 Å². The summed E-state index contributed by atoms with van der Waals surface area (Å²) in [5.41, 5.74) is 5.83. The highest BCUT2D eigenvalue weighted by molar-refractivity contribution is 5.96. The van der Waals surface area contributed by atoms with E-state index in [4.69, 9.17) is 5.73 Å². The van der Waals surface area contributed by atoms with E-state index in [-0.39, 0.29) is 18.4 Å². The van der Waals surface area contributed by atoms with Crippen LogP contribution < -0.4 is 11.1 Å². The standard InChI is InChI=1S/C15H21N5O3/c1-10(21)18-13-7-11(3-4-17-13)15(23)20-6-5-19(2)8-12(9-20)14(16)22/h3-4,7,12H,5-6,8-9H2,1-2H3,(H2,16,22)(H,17,18,21). The molecule has 3 N–H and O–H groups in total. The van der Waals surface area contributed by atoms with Gasteiger partial charge in [-0.05, 0) is 19.2 Å². The highest BCUT2D eigenvalue weighted by atomic mass is 16.2. The van der Waals surface area contributed by atoms with Crippen molar-refractivity contribution in [3.05, 3.63) is 23.9 Å². The van der Waals surface area contributed by atoms with Gasteiger partial charge in [0.25, 0.3) is 5.91 Å². The van der Waals surface area contributed by atoms with E-state index in [9.17, 15) is 14.4 Å². The molecule has 0 bridgehead atoms. The fraction of sp³-hybridized carbons (Fsp3) is 0.467. The van der Waals surface area contributed by atoms with Crippen LogP contribution in [0.4, 0.5) is 5.82 Å². The average Bonchev–Trinajstić information content (AvgIpc) is 2.68. The molecule has 2 heterocycles. The molecular weight excluding hydrogens is 298 g/mol. The van der Waals surface area contributed by atoms with Gasteiger partial charge in [-0.2, -0.15) is 0 Å². The largest absolute Gasteiger partial charge is 0.369 e. The van der Waals surface area contributed by atoms with Gasteiger partial charge < -0.3 is 20.9 Å². The fourth-order valence-electron chi connectivity index (χ4n) is 2.53. The first kappa shape index (κ1) is 16.9. The van der Waals surface area contributed by atoms with Crippen molar-refractivity contribution in [3.8, 4) is 0 Å². The number of nitrogens with one attached hydrogen (secondary N) is 1. The molecular formula is C15H21N5O3. The second-order valence-electron chi connectivity index (χ2n) is 5.72. The number of nitrogens with zero attached hydrogens (tertiary/aromatic N) is 3. The SMILES string of the molecule is CC(=O)Nc1cc(C(=O)N2CCN(C)CC(C(N)=O)C2)ccn1. The van der Waals surface area contributed by atoms with Gasteiger partial charge in [-0.15, -0.1) is 0 Å². The minimum absolute atomic E-state index is 0.208. The van der Waals surface area contributed by atoms with Crippen LogP contribution >= 0.6 is 0 Å². The number of carbonyl (C=O) groups is 3.